The Labute approximate surface area is 95.7 Å². The van der Waals surface area contributed by atoms with Crippen LogP contribution in [0.2, 0.25) is 0 Å². The molecule has 1 aromatic rings. The van der Waals surface area contributed by atoms with E-state index in [4.69, 9.17) is 0 Å². The van der Waals surface area contributed by atoms with Crippen molar-refractivity contribution < 1.29 is 4.79 Å². The third kappa shape index (κ3) is 2.38. The summed E-state index contributed by atoms with van der Waals surface area (Å²) in [6.07, 6.45) is 7.10. The number of Topliss-reactive ketones (excluding diaryl/α,β-unsaturated/α-hetero) is 1. The Hall–Kier alpha value is -1.45. The maximum atomic E-state index is 11.1. The van der Waals surface area contributed by atoms with Gasteiger partial charge in [-0.05, 0) is 24.3 Å². The molecule has 1 fully saturated rings. The van der Waals surface area contributed by atoms with Gasteiger partial charge in [0.15, 0.2) is 0 Å². The van der Waals surface area contributed by atoms with Crippen LogP contribution in [0.5, 0.6) is 0 Å². The maximum Gasteiger partial charge on any atom is 0.224 e. The average molecular weight is 219 g/mol. The summed E-state index contributed by atoms with van der Waals surface area (Å²) < 4.78 is 0. The molecule has 1 aliphatic carbocycles. The Bertz CT molecular complexity index is 362. The Kier molecular flexibility index (Phi) is 3.17. The highest BCUT2D eigenvalue weighted by Gasteiger charge is 2.20. The molecule has 1 saturated carbocycles. The molecule has 0 N–H and O–H groups in total. The zero-order valence-corrected chi connectivity index (χ0v) is 9.81. The number of hydrogen-bond donors (Lipinski definition) is 0. The van der Waals surface area contributed by atoms with Crippen LogP contribution >= 0.6 is 0 Å². The van der Waals surface area contributed by atoms with Crippen molar-refractivity contribution in [3.63, 3.8) is 0 Å². The van der Waals surface area contributed by atoms with Crippen molar-refractivity contribution in [2.75, 3.05) is 19.0 Å². The molecule has 1 aliphatic rings. The molecule has 0 aromatic carbocycles. The molecule has 1 heterocycles. The van der Waals surface area contributed by atoms with E-state index in [0.29, 0.717) is 24.5 Å². The molecule has 1 aromatic heterocycles. The van der Waals surface area contributed by atoms with Gasteiger partial charge < -0.3 is 4.90 Å². The summed E-state index contributed by atoms with van der Waals surface area (Å²) in [5.41, 5.74) is 1.16. The monoisotopic (exact) mass is 219 g/mol. The molecule has 4 nitrogen and oxygen atoms in total. The summed E-state index contributed by atoms with van der Waals surface area (Å²) in [5.74, 6) is 1.59. The normalized spacial score (nSPS) is 17.5. The second kappa shape index (κ2) is 4.60. The van der Waals surface area contributed by atoms with Crippen LogP contribution in [-0.4, -0.2) is 29.8 Å². The molecule has 16 heavy (non-hydrogen) atoms. The van der Waals surface area contributed by atoms with Crippen LogP contribution in [0.3, 0.4) is 0 Å². The Morgan fingerprint density at radius 1 is 1.19 bits per heavy atom. The standard InChI is InChI=1S/C12H17N3O/c1-15(2)12-13-7-10(8-14-12)9-3-5-11(16)6-4-9/h7-9H,3-6H2,1-2H3. The predicted octanol–water partition coefficient (Wildman–Crippen LogP) is 1.77. The molecule has 2 rings (SSSR count). The Balaban J connectivity index is 2.07. The molecule has 0 saturated heterocycles. The number of nitrogens with zero attached hydrogens (tertiary/aromatic N) is 3. The maximum absolute atomic E-state index is 11.1. The highest BCUT2D eigenvalue weighted by Crippen LogP contribution is 2.30. The second-order valence-corrected chi connectivity index (χ2v) is 4.52. The van der Waals surface area contributed by atoms with Crippen molar-refractivity contribution >= 4 is 11.7 Å². The summed E-state index contributed by atoms with van der Waals surface area (Å²) in [4.78, 5) is 21.6. The molecule has 0 unspecified atom stereocenters. The fourth-order valence-electron chi connectivity index (χ4n) is 2.05. The number of hydrogen-bond acceptors (Lipinski definition) is 4. The van der Waals surface area contributed by atoms with Crippen molar-refractivity contribution in [1.82, 2.24) is 9.97 Å². The SMILES string of the molecule is CN(C)c1ncc(C2CCC(=O)CC2)cn1. The van der Waals surface area contributed by atoms with Crippen LogP contribution in [0.15, 0.2) is 12.4 Å². The van der Waals surface area contributed by atoms with Crippen LogP contribution in [0.25, 0.3) is 0 Å². The molecule has 4 heteroatoms. The van der Waals surface area contributed by atoms with E-state index in [1.165, 1.54) is 0 Å². The molecule has 0 bridgehead atoms. The van der Waals surface area contributed by atoms with Gasteiger partial charge in [-0.25, -0.2) is 9.97 Å². The first-order valence-electron chi connectivity index (χ1n) is 5.68. The number of carbonyl (C=O) groups is 1. The Morgan fingerprint density at radius 2 is 1.75 bits per heavy atom. The third-order valence-electron chi connectivity index (χ3n) is 3.07. The summed E-state index contributed by atoms with van der Waals surface area (Å²) in [7, 11) is 3.85. The van der Waals surface area contributed by atoms with Crippen molar-refractivity contribution in [2.24, 2.45) is 0 Å². The highest BCUT2D eigenvalue weighted by molar-refractivity contribution is 5.79. The van der Waals surface area contributed by atoms with E-state index in [0.717, 1.165) is 24.4 Å². The van der Waals surface area contributed by atoms with Crippen molar-refractivity contribution in [2.45, 2.75) is 31.6 Å². The lowest BCUT2D eigenvalue weighted by atomic mass is 9.85. The summed E-state index contributed by atoms with van der Waals surface area (Å²) in [5, 5.41) is 0. The smallest absolute Gasteiger partial charge is 0.224 e. The van der Waals surface area contributed by atoms with Crippen LogP contribution in [-0.2, 0) is 4.79 Å². The van der Waals surface area contributed by atoms with Gasteiger partial charge in [0.1, 0.15) is 5.78 Å². The number of aromatic nitrogens is 2. The number of carbonyl (C=O) groups excluding carboxylic acids is 1. The third-order valence-corrected chi connectivity index (χ3v) is 3.07. The van der Waals surface area contributed by atoms with Crippen LogP contribution in [0, 0.1) is 0 Å². The molecule has 0 amide bonds. The first kappa shape index (κ1) is 11.0. The van der Waals surface area contributed by atoms with Gasteiger partial charge in [0.25, 0.3) is 0 Å². The van der Waals surface area contributed by atoms with Gasteiger partial charge in [-0.15, -0.1) is 0 Å². The van der Waals surface area contributed by atoms with Crippen molar-refractivity contribution in [3.8, 4) is 0 Å². The van der Waals surface area contributed by atoms with Crippen LogP contribution in [0.1, 0.15) is 37.2 Å². The van der Waals surface area contributed by atoms with E-state index >= 15 is 0 Å². The van der Waals surface area contributed by atoms with E-state index in [1.54, 1.807) is 0 Å². The van der Waals surface area contributed by atoms with Crippen LogP contribution in [0.4, 0.5) is 5.95 Å². The molecule has 0 atom stereocenters. The van der Waals surface area contributed by atoms with E-state index < -0.39 is 0 Å². The molecular weight excluding hydrogens is 202 g/mol. The van der Waals surface area contributed by atoms with Gasteiger partial charge in [0, 0.05) is 39.3 Å². The lowest BCUT2D eigenvalue weighted by molar-refractivity contribution is -0.120. The number of ketones is 1. The summed E-state index contributed by atoms with van der Waals surface area (Å²) >= 11 is 0. The van der Waals surface area contributed by atoms with E-state index in [2.05, 4.69) is 9.97 Å². The minimum Gasteiger partial charge on any atom is -0.347 e. The largest absolute Gasteiger partial charge is 0.347 e. The van der Waals surface area contributed by atoms with E-state index in [1.807, 2.05) is 31.4 Å². The summed E-state index contributed by atoms with van der Waals surface area (Å²) in [6.45, 7) is 0. The van der Waals surface area contributed by atoms with E-state index in [9.17, 15) is 4.79 Å². The fourth-order valence-corrected chi connectivity index (χ4v) is 2.05. The predicted molar refractivity (Wildman–Crippen MR) is 62.6 cm³/mol. The average Bonchev–Trinajstić information content (AvgIpc) is 2.30. The minimum atomic E-state index is 0.391. The summed E-state index contributed by atoms with van der Waals surface area (Å²) in [6, 6.07) is 0. The van der Waals surface area contributed by atoms with Crippen LogP contribution < -0.4 is 4.90 Å². The topological polar surface area (TPSA) is 46.1 Å². The van der Waals surface area contributed by atoms with Gasteiger partial charge in [0.05, 0.1) is 0 Å². The first-order valence-corrected chi connectivity index (χ1v) is 5.68. The molecule has 86 valence electrons. The van der Waals surface area contributed by atoms with Gasteiger partial charge in [-0.3, -0.25) is 4.79 Å². The van der Waals surface area contributed by atoms with Crippen molar-refractivity contribution in [3.05, 3.63) is 18.0 Å². The van der Waals surface area contributed by atoms with Crippen molar-refractivity contribution in [1.29, 1.82) is 0 Å². The van der Waals surface area contributed by atoms with E-state index in [-0.39, 0.29) is 0 Å². The lowest BCUT2D eigenvalue weighted by Crippen LogP contribution is -2.15. The lowest BCUT2D eigenvalue weighted by Gasteiger charge is -2.21. The fraction of sp³-hybridized carbons (Fsp3) is 0.583. The van der Waals surface area contributed by atoms with Gasteiger partial charge >= 0.3 is 0 Å². The van der Waals surface area contributed by atoms with Gasteiger partial charge in [-0.1, -0.05) is 0 Å². The van der Waals surface area contributed by atoms with Gasteiger partial charge in [0.2, 0.25) is 5.95 Å². The molecule has 0 aliphatic heterocycles. The molecule has 0 spiro atoms. The zero-order valence-electron chi connectivity index (χ0n) is 9.81. The molecule has 0 radical (unpaired) electrons. The number of anilines is 1. The quantitative estimate of drug-likeness (QED) is 0.760. The highest BCUT2D eigenvalue weighted by atomic mass is 16.1. The zero-order chi connectivity index (χ0) is 11.5. The Morgan fingerprint density at radius 3 is 2.25 bits per heavy atom. The second-order valence-electron chi connectivity index (χ2n) is 4.52. The molecular formula is C12H17N3O. The first-order chi connectivity index (χ1) is 7.66. The number of rotatable bonds is 2. The minimum absolute atomic E-state index is 0.391. The van der Waals surface area contributed by atoms with Gasteiger partial charge in [-0.2, -0.15) is 0 Å².